The van der Waals surface area contributed by atoms with Crippen molar-refractivity contribution in [3.8, 4) is 0 Å². The van der Waals surface area contributed by atoms with E-state index in [1.807, 2.05) is 0 Å². The summed E-state index contributed by atoms with van der Waals surface area (Å²) in [5.41, 5.74) is 0. The van der Waals surface area contributed by atoms with E-state index in [-0.39, 0.29) is 14.9 Å². The molecule has 0 bridgehead atoms. The van der Waals surface area contributed by atoms with Gasteiger partial charge >= 0.3 is 0 Å². The molecule has 0 aliphatic rings. The summed E-state index contributed by atoms with van der Waals surface area (Å²) in [4.78, 5) is 0. The van der Waals surface area contributed by atoms with Gasteiger partial charge < -0.3 is 0 Å². The summed E-state index contributed by atoms with van der Waals surface area (Å²) in [5, 5.41) is 0.793. The van der Waals surface area contributed by atoms with Gasteiger partial charge in [0.2, 0.25) is 0 Å². The normalized spacial score (nSPS) is 12.2. The van der Waals surface area contributed by atoms with Crippen molar-refractivity contribution in [2.24, 2.45) is 11.8 Å². The van der Waals surface area contributed by atoms with Crippen molar-refractivity contribution in [1.82, 2.24) is 0 Å². The van der Waals surface area contributed by atoms with Gasteiger partial charge in [-0.15, -0.1) is 0 Å². The van der Waals surface area contributed by atoms with Gasteiger partial charge in [-0.25, -0.2) is 0 Å². The fourth-order valence-electron chi connectivity index (χ4n) is 0.537. The average molecular weight is 192 g/mol. The molecule has 78 valence electrons. The molecule has 0 aliphatic heterocycles. The van der Waals surface area contributed by atoms with E-state index in [0.29, 0.717) is 0 Å². The highest BCUT2D eigenvalue weighted by molar-refractivity contribution is 7.99. The van der Waals surface area contributed by atoms with Crippen LogP contribution in [0.3, 0.4) is 0 Å². The first kappa shape index (κ1) is 18.2. The summed E-state index contributed by atoms with van der Waals surface area (Å²) in [5.74, 6) is 3.02. The van der Waals surface area contributed by atoms with Gasteiger partial charge in [-0.3, -0.25) is 0 Å². The largest absolute Gasteiger partial charge is 0.159 e. The van der Waals surface area contributed by atoms with Crippen LogP contribution in [-0.2, 0) is 0 Å². The lowest BCUT2D eigenvalue weighted by Gasteiger charge is -2.15. The number of hydrogen-bond donors (Lipinski definition) is 0. The molecule has 0 amide bonds. The van der Waals surface area contributed by atoms with E-state index >= 15 is 0 Å². The van der Waals surface area contributed by atoms with Crippen molar-refractivity contribution in [3.05, 3.63) is 0 Å². The van der Waals surface area contributed by atoms with Crippen LogP contribution in [0.4, 0.5) is 0 Å². The van der Waals surface area contributed by atoms with Crippen LogP contribution in [0.15, 0.2) is 0 Å². The SMILES string of the molecule is C.C.CC(C)SCC(C)C(C)C. The molecular weight excluding hydrogens is 164 g/mol. The van der Waals surface area contributed by atoms with Gasteiger partial charge in [0.25, 0.3) is 0 Å². The summed E-state index contributed by atoms with van der Waals surface area (Å²) < 4.78 is 0. The lowest BCUT2D eigenvalue weighted by molar-refractivity contribution is 0.464. The highest BCUT2D eigenvalue weighted by atomic mass is 32.2. The van der Waals surface area contributed by atoms with E-state index in [9.17, 15) is 0 Å². The smallest absolute Gasteiger partial charge is 0.000958 e. The Labute approximate surface area is 84.5 Å². The van der Waals surface area contributed by atoms with Gasteiger partial charge in [0.1, 0.15) is 0 Å². The van der Waals surface area contributed by atoms with Crippen LogP contribution < -0.4 is 0 Å². The minimum atomic E-state index is 0. The summed E-state index contributed by atoms with van der Waals surface area (Å²) in [6, 6.07) is 0. The molecule has 1 atom stereocenters. The number of hydrogen-bond acceptors (Lipinski definition) is 1. The predicted octanol–water partition coefficient (Wildman–Crippen LogP) is 4.69. The zero-order valence-electron chi connectivity index (χ0n) is 7.85. The Balaban J connectivity index is -0.000000405. The third-order valence-corrected chi connectivity index (χ3v) is 3.22. The van der Waals surface area contributed by atoms with Gasteiger partial charge in [-0.05, 0) is 22.8 Å². The molecule has 0 rings (SSSR count). The molecule has 1 heteroatoms. The molecule has 0 heterocycles. The van der Waals surface area contributed by atoms with Crippen molar-refractivity contribution in [2.75, 3.05) is 5.75 Å². The molecule has 0 nitrogen and oxygen atoms in total. The first-order chi connectivity index (χ1) is 4.54. The molecule has 0 aromatic heterocycles. The number of thioether (sulfide) groups is 1. The standard InChI is InChI=1S/C9H20S.2CH4/c1-7(2)9(5)6-10-8(3)4;;/h7-9H,6H2,1-5H3;2*1H4. The highest BCUT2D eigenvalue weighted by Gasteiger charge is 2.07. The van der Waals surface area contributed by atoms with Crippen molar-refractivity contribution in [1.29, 1.82) is 0 Å². The van der Waals surface area contributed by atoms with Crippen molar-refractivity contribution in [3.63, 3.8) is 0 Å². The Bertz CT molecular complexity index is 77.1. The average Bonchev–Trinajstić information content (AvgIpc) is 1.82. The van der Waals surface area contributed by atoms with Gasteiger partial charge in [-0.1, -0.05) is 49.5 Å². The first-order valence-electron chi connectivity index (χ1n) is 4.15. The Morgan fingerprint density at radius 3 is 1.58 bits per heavy atom. The molecule has 0 saturated carbocycles. The molecule has 0 radical (unpaired) electrons. The molecule has 0 saturated heterocycles. The van der Waals surface area contributed by atoms with Crippen molar-refractivity contribution >= 4 is 11.8 Å². The molecule has 0 aromatic rings. The second-order valence-corrected chi connectivity index (χ2v) is 5.21. The summed E-state index contributed by atoms with van der Waals surface area (Å²) >= 11 is 2.07. The zero-order chi connectivity index (χ0) is 8.15. The summed E-state index contributed by atoms with van der Waals surface area (Å²) in [7, 11) is 0. The van der Waals surface area contributed by atoms with Crippen molar-refractivity contribution < 1.29 is 0 Å². The maximum Gasteiger partial charge on any atom is -0.000958 e. The quantitative estimate of drug-likeness (QED) is 0.622. The Kier molecular flexibility index (Phi) is 14.3. The van der Waals surface area contributed by atoms with E-state index in [1.165, 1.54) is 5.75 Å². The van der Waals surface area contributed by atoms with Gasteiger partial charge in [0.15, 0.2) is 0 Å². The highest BCUT2D eigenvalue weighted by Crippen LogP contribution is 2.19. The zero-order valence-corrected chi connectivity index (χ0v) is 8.66. The lowest BCUT2D eigenvalue weighted by Crippen LogP contribution is -2.08. The van der Waals surface area contributed by atoms with E-state index in [4.69, 9.17) is 0 Å². The third-order valence-electron chi connectivity index (χ3n) is 1.83. The van der Waals surface area contributed by atoms with Crippen LogP contribution in [-0.4, -0.2) is 11.0 Å². The second-order valence-electron chi connectivity index (χ2n) is 3.60. The molecule has 12 heavy (non-hydrogen) atoms. The molecule has 0 spiro atoms. The van der Waals surface area contributed by atoms with E-state index in [1.54, 1.807) is 0 Å². The second kappa shape index (κ2) is 9.44. The fraction of sp³-hybridized carbons (Fsp3) is 1.00. The lowest BCUT2D eigenvalue weighted by atomic mass is 10.0. The van der Waals surface area contributed by atoms with Crippen LogP contribution in [0.5, 0.6) is 0 Å². The van der Waals surface area contributed by atoms with E-state index < -0.39 is 0 Å². The van der Waals surface area contributed by atoms with Crippen LogP contribution in [0, 0.1) is 11.8 Å². The predicted molar refractivity (Wildman–Crippen MR) is 65.1 cm³/mol. The summed E-state index contributed by atoms with van der Waals surface area (Å²) in [6.07, 6.45) is 0. The monoisotopic (exact) mass is 192 g/mol. The number of rotatable bonds is 4. The Morgan fingerprint density at radius 2 is 1.33 bits per heavy atom. The topological polar surface area (TPSA) is 0 Å². The van der Waals surface area contributed by atoms with Crippen LogP contribution in [0.1, 0.15) is 49.5 Å². The van der Waals surface area contributed by atoms with Crippen LogP contribution in [0.25, 0.3) is 0 Å². The molecule has 0 aromatic carbocycles. The maximum atomic E-state index is 2.33. The minimum Gasteiger partial charge on any atom is -0.159 e. The molecule has 0 N–H and O–H groups in total. The third kappa shape index (κ3) is 10.3. The molecule has 0 aliphatic carbocycles. The van der Waals surface area contributed by atoms with E-state index in [2.05, 4.69) is 46.4 Å². The summed E-state index contributed by atoms with van der Waals surface area (Å²) in [6.45, 7) is 11.5. The molecule has 1 unspecified atom stereocenters. The Morgan fingerprint density at radius 1 is 0.917 bits per heavy atom. The first-order valence-corrected chi connectivity index (χ1v) is 5.20. The van der Waals surface area contributed by atoms with Crippen molar-refractivity contribution in [2.45, 2.75) is 54.7 Å². The van der Waals surface area contributed by atoms with E-state index in [0.717, 1.165) is 17.1 Å². The maximum absolute atomic E-state index is 2.33. The van der Waals surface area contributed by atoms with Gasteiger partial charge in [0, 0.05) is 0 Å². The van der Waals surface area contributed by atoms with Gasteiger partial charge in [-0.2, -0.15) is 11.8 Å². The van der Waals surface area contributed by atoms with Gasteiger partial charge in [0.05, 0.1) is 0 Å². The minimum absolute atomic E-state index is 0. The Hall–Kier alpha value is 0.350. The van der Waals surface area contributed by atoms with Crippen LogP contribution >= 0.6 is 11.8 Å². The fourth-order valence-corrected chi connectivity index (χ4v) is 1.61. The molecule has 0 fully saturated rings. The van der Waals surface area contributed by atoms with Crippen LogP contribution in [0.2, 0.25) is 0 Å². The molecular formula is C11H28S.